The number of methoxy groups -OCH3 is 2. The lowest BCUT2D eigenvalue weighted by molar-refractivity contribution is -0.118. The highest BCUT2D eigenvalue weighted by Crippen LogP contribution is 2.27. The first-order chi connectivity index (χ1) is 15.6. The fourth-order valence-electron chi connectivity index (χ4n) is 3.06. The Morgan fingerprint density at radius 1 is 1.19 bits per heavy atom. The average Bonchev–Trinajstić information content (AvgIpc) is 3.46. The van der Waals surface area contributed by atoms with E-state index >= 15 is 0 Å². The van der Waals surface area contributed by atoms with Crippen LogP contribution in [0, 0.1) is 0 Å². The molecule has 0 radical (unpaired) electrons. The molecule has 3 heterocycles. The molecule has 1 amide bonds. The summed E-state index contributed by atoms with van der Waals surface area (Å²) < 4.78 is 17.3. The van der Waals surface area contributed by atoms with E-state index < -0.39 is 0 Å². The Labute approximate surface area is 186 Å². The van der Waals surface area contributed by atoms with E-state index in [-0.39, 0.29) is 17.2 Å². The number of amides is 1. The SMILES string of the molecule is COc1ccc(CCNC(=O)CSc2nc(-c3ccco3)nc3cc(=O)[nH]n23)cc1OC. The highest BCUT2D eigenvalue weighted by atomic mass is 32.2. The molecule has 0 aliphatic heterocycles. The largest absolute Gasteiger partial charge is 0.493 e. The van der Waals surface area contributed by atoms with Crippen LogP contribution in [0.15, 0.2) is 57.0 Å². The normalized spacial score (nSPS) is 10.9. The number of nitrogens with zero attached hydrogens (tertiary/aromatic N) is 3. The molecule has 0 unspecified atom stereocenters. The van der Waals surface area contributed by atoms with E-state index in [1.54, 1.807) is 26.4 Å². The van der Waals surface area contributed by atoms with Crippen molar-refractivity contribution in [3.8, 4) is 23.1 Å². The molecule has 0 saturated heterocycles. The minimum absolute atomic E-state index is 0.121. The summed E-state index contributed by atoms with van der Waals surface area (Å²) in [5, 5.41) is 5.96. The summed E-state index contributed by atoms with van der Waals surface area (Å²) in [4.78, 5) is 32.9. The number of carbonyl (C=O) groups excluding carboxylic acids is 1. The summed E-state index contributed by atoms with van der Waals surface area (Å²) >= 11 is 1.19. The topological polar surface area (TPSA) is 124 Å². The Morgan fingerprint density at radius 3 is 2.78 bits per heavy atom. The van der Waals surface area contributed by atoms with E-state index in [1.165, 1.54) is 28.6 Å². The third-order valence-electron chi connectivity index (χ3n) is 4.58. The third kappa shape index (κ3) is 4.78. The number of hydrogen-bond donors (Lipinski definition) is 2. The van der Waals surface area contributed by atoms with Crippen molar-refractivity contribution in [2.75, 3.05) is 26.5 Å². The lowest BCUT2D eigenvalue weighted by Gasteiger charge is -2.10. The van der Waals surface area contributed by atoms with Crippen molar-refractivity contribution in [2.24, 2.45) is 0 Å². The fourth-order valence-corrected chi connectivity index (χ4v) is 3.84. The number of aromatic nitrogens is 4. The van der Waals surface area contributed by atoms with E-state index in [4.69, 9.17) is 13.9 Å². The standard InChI is InChI=1S/C21H21N5O5S/c1-29-14-6-5-13(10-16(14)30-2)7-8-22-19(28)12-32-21-24-20(15-4-3-9-31-15)23-17-11-18(27)25-26(17)21/h3-6,9-11H,7-8,12H2,1-2H3,(H,22,28)(H,25,27). The maximum absolute atomic E-state index is 12.4. The third-order valence-corrected chi connectivity index (χ3v) is 5.52. The van der Waals surface area contributed by atoms with Crippen LogP contribution >= 0.6 is 11.8 Å². The van der Waals surface area contributed by atoms with Crippen molar-refractivity contribution in [1.29, 1.82) is 0 Å². The molecule has 0 atom stereocenters. The monoisotopic (exact) mass is 455 g/mol. The van der Waals surface area contributed by atoms with Gasteiger partial charge in [-0.05, 0) is 36.2 Å². The second-order valence-electron chi connectivity index (χ2n) is 6.70. The summed E-state index contributed by atoms with van der Waals surface area (Å²) in [7, 11) is 3.17. The predicted octanol–water partition coefficient (Wildman–Crippen LogP) is 2.15. The molecule has 1 aromatic carbocycles. The zero-order chi connectivity index (χ0) is 22.5. The lowest BCUT2D eigenvalue weighted by Crippen LogP contribution is -2.27. The molecule has 0 aliphatic rings. The van der Waals surface area contributed by atoms with Crippen LogP contribution in [0.4, 0.5) is 0 Å². The molecule has 4 rings (SSSR count). The summed E-state index contributed by atoms with van der Waals surface area (Å²) in [6.45, 7) is 0.464. The van der Waals surface area contributed by atoms with Gasteiger partial charge in [0.15, 0.2) is 33.9 Å². The van der Waals surface area contributed by atoms with Crippen molar-refractivity contribution in [1.82, 2.24) is 24.9 Å². The second-order valence-corrected chi connectivity index (χ2v) is 7.64. The van der Waals surface area contributed by atoms with Gasteiger partial charge in [0.1, 0.15) is 0 Å². The van der Waals surface area contributed by atoms with Crippen LogP contribution in [0.2, 0.25) is 0 Å². The molecular formula is C21H21N5O5S. The van der Waals surface area contributed by atoms with Gasteiger partial charge in [0.2, 0.25) is 5.91 Å². The molecule has 2 N–H and O–H groups in total. The van der Waals surface area contributed by atoms with Crippen molar-refractivity contribution in [2.45, 2.75) is 11.6 Å². The molecule has 32 heavy (non-hydrogen) atoms. The van der Waals surface area contributed by atoms with Gasteiger partial charge in [-0.2, -0.15) is 4.98 Å². The van der Waals surface area contributed by atoms with Crippen molar-refractivity contribution in [3.05, 3.63) is 58.6 Å². The number of furan rings is 1. The van der Waals surface area contributed by atoms with Crippen LogP contribution in [0.25, 0.3) is 17.2 Å². The van der Waals surface area contributed by atoms with Gasteiger partial charge in [0.25, 0.3) is 5.56 Å². The molecule has 4 aromatic rings. The molecule has 0 aliphatic carbocycles. The van der Waals surface area contributed by atoms with E-state index in [2.05, 4.69) is 20.4 Å². The molecule has 10 nitrogen and oxygen atoms in total. The summed E-state index contributed by atoms with van der Waals surface area (Å²) in [5.74, 6) is 2.08. The quantitative estimate of drug-likeness (QED) is 0.368. The maximum Gasteiger partial charge on any atom is 0.266 e. The summed E-state index contributed by atoms with van der Waals surface area (Å²) in [5.41, 5.74) is 1.10. The second kappa shape index (κ2) is 9.60. The lowest BCUT2D eigenvalue weighted by atomic mass is 10.1. The number of benzene rings is 1. The Balaban J connectivity index is 1.38. The molecule has 0 bridgehead atoms. The number of fused-ring (bicyclic) bond motifs is 1. The molecule has 0 spiro atoms. The summed E-state index contributed by atoms with van der Waals surface area (Å²) in [6.07, 6.45) is 2.16. The molecule has 166 valence electrons. The minimum Gasteiger partial charge on any atom is -0.493 e. The van der Waals surface area contributed by atoms with Crippen LogP contribution in [-0.4, -0.2) is 52.0 Å². The van der Waals surface area contributed by atoms with Gasteiger partial charge >= 0.3 is 0 Å². The number of H-pyrrole nitrogens is 1. The van der Waals surface area contributed by atoms with Gasteiger partial charge in [-0.1, -0.05) is 17.8 Å². The van der Waals surface area contributed by atoms with Gasteiger partial charge in [-0.25, -0.2) is 9.50 Å². The van der Waals surface area contributed by atoms with Gasteiger partial charge in [0, 0.05) is 12.6 Å². The molecule has 0 saturated carbocycles. The van der Waals surface area contributed by atoms with Gasteiger partial charge in [-0.15, -0.1) is 0 Å². The number of ether oxygens (including phenoxy) is 2. The van der Waals surface area contributed by atoms with Crippen molar-refractivity contribution >= 4 is 23.3 Å². The first kappa shape index (κ1) is 21.5. The van der Waals surface area contributed by atoms with Crippen LogP contribution in [-0.2, 0) is 11.2 Å². The minimum atomic E-state index is -0.308. The number of carbonyl (C=O) groups is 1. The van der Waals surface area contributed by atoms with Crippen LogP contribution in [0.3, 0.4) is 0 Å². The van der Waals surface area contributed by atoms with Crippen LogP contribution in [0.1, 0.15) is 5.56 Å². The van der Waals surface area contributed by atoms with E-state index in [0.717, 1.165) is 5.56 Å². The Kier molecular flexibility index (Phi) is 6.45. The zero-order valence-corrected chi connectivity index (χ0v) is 18.3. The van der Waals surface area contributed by atoms with Gasteiger partial charge in [0.05, 0.1) is 26.2 Å². The number of rotatable bonds is 9. The first-order valence-corrected chi connectivity index (χ1v) is 10.7. The van der Waals surface area contributed by atoms with Crippen LogP contribution in [0.5, 0.6) is 11.5 Å². The maximum atomic E-state index is 12.4. The fraction of sp³-hybridized carbons (Fsp3) is 0.238. The molecule has 3 aromatic heterocycles. The molecule has 0 fully saturated rings. The van der Waals surface area contributed by atoms with E-state index in [0.29, 0.717) is 46.9 Å². The highest BCUT2D eigenvalue weighted by molar-refractivity contribution is 7.99. The molecule has 11 heteroatoms. The Morgan fingerprint density at radius 2 is 2.03 bits per heavy atom. The number of nitrogens with one attached hydrogen (secondary N) is 2. The number of hydrogen-bond acceptors (Lipinski definition) is 8. The van der Waals surface area contributed by atoms with Crippen LogP contribution < -0.4 is 20.3 Å². The van der Waals surface area contributed by atoms with Gasteiger partial charge < -0.3 is 19.2 Å². The zero-order valence-electron chi connectivity index (χ0n) is 17.5. The van der Waals surface area contributed by atoms with Crippen molar-refractivity contribution in [3.63, 3.8) is 0 Å². The molecular weight excluding hydrogens is 434 g/mol. The number of thioether (sulfide) groups is 1. The predicted molar refractivity (Wildman–Crippen MR) is 118 cm³/mol. The van der Waals surface area contributed by atoms with E-state index in [1.807, 2.05) is 18.2 Å². The highest BCUT2D eigenvalue weighted by Gasteiger charge is 2.14. The Bertz CT molecular complexity index is 1280. The van der Waals surface area contributed by atoms with Crippen molar-refractivity contribution < 1.29 is 18.7 Å². The first-order valence-electron chi connectivity index (χ1n) is 9.71. The smallest absolute Gasteiger partial charge is 0.266 e. The van der Waals surface area contributed by atoms with E-state index in [9.17, 15) is 9.59 Å². The van der Waals surface area contributed by atoms with Gasteiger partial charge in [-0.3, -0.25) is 14.7 Å². The summed E-state index contributed by atoms with van der Waals surface area (Å²) in [6, 6.07) is 10.5. The number of aromatic amines is 1. The Hall–Kier alpha value is -3.73. The average molecular weight is 455 g/mol.